The third-order valence-electron chi connectivity index (χ3n) is 4.15. The van der Waals surface area contributed by atoms with Gasteiger partial charge in [0, 0.05) is 15.9 Å². The molecule has 3 aromatic rings. The fourth-order valence-corrected chi connectivity index (χ4v) is 3.48. The lowest BCUT2D eigenvalue weighted by Gasteiger charge is -2.07. The van der Waals surface area contributed by atoms with Crippen LogP contribution in [0.15, 0.2) is 34.8 Å². The van der Waals surface area contributed by atoms with Crippen molar-refractivity contribution in [3.05, 3.63) is 40.6 Å². The van der Waals surface area contributed by atoms with Gasteiger partial charge in [0.05, 0.1) is 17.1 Å². The molecule has 2 aromatic carbocycles. The summed E-state index contributed by atoms with van der Waals surface area (Å²) in [5.74, 6) is 1.07. The summed E-state index contributed by atoms with van der Waals surface area (Å²) >= 11 is 3.52. The molecule has 0 bridgehead atoms. The molecule has 20 heavy (non-hydrogen) atoms. The highest BCUT2D eigenvalue weighted by Gasteiger charge is 2.24. The molecule has 4 heteroatoms. The van der Waals surface area contributed by atoms with Crippen LogP contribution in [0, 0.1) is 0 Å². The van der Waals surface area contributed by atoms with Crippen LogP contribution in [0.4, 0.5) is 0 Å². The third-order valence-corrected chi connectivity index (χ3v) is 4.65. The zero-order valence-corrected chi connectivity index (χ0v) is 12.9. The summed E-state index contributed by atoms with van der Waals surface area (Å²) in [4.78, 5) is 8.33. The molecule has 1 aromatic heterocycles. The lowest BCUT2D eigenvalue weighted by molar-refractivity contribution is 0.565. The first kappa shape index (κ1) is 12.4. The van der Waals surface area contributed by atoms with E-state index in [1.165, 1.54) is 17.2 Å². The van der Waals surface area contributed by atoms with E-state index in [1.807, 2.05) is 0 Å². The van der Waals surface area contributed by atoms with E-state index in [4.69, 9.17) is 4.98 Å². The van der Waals surface area contributed by atoms with Crippen LogP contribution in [-0.2, 0) is 0 Å². The van der Waals surface area contributed by atoms with E-state index >= 15 is 0 Å². The second-order valence-electron chi connectivity index (χ2n) is 5.65. The molecule has 0 saturated carbocycles. The zero-order valence-electron chi connectivity index (χ0n) is 11.3. The molecule has 2 heterocycles. The van der Waals surface area contributed by atoms with Crippen molar-refractivity contribution in [3.8, 4) is 0 Å². The third kappa shape index (κ3) is 1.95. The molecule has 4 rings (SSSR count). The largest absolute Gasteiger partial charge is 0.341 e. The van der Waals surface area contributed by atoms with Crippen LogP contribution in [0.5, 0.6) is 0 Å². The molecule has 102 valence electrons. The quantitative estimate of drug-likeness (QED) is 0.699. The van der Waals surface area contributed by atoms with E-state index in [2.05, 4.69) is 63.5 Å². The normalized spacial score (nSPS) is 22.9. The molecule has 0 amide bonds. The predicted molar refractivity (Wildman–Crippen MR) is 85.9 cm³/mol. The Bertz CT molecular complexity index is 793. The van der Waals surface area contributed by atoms with Crippen molar-refractivity contribution in [1.82, 2.24) is 15.3 Å². The van der Waals surface area contributed by atoms with E-state index < -0.39 is 0 Å². The molecular weight excluding hydrogens is 314 g/mol. The molecule has 1 aliphatic rings. The van der Waals surface area contributed by atoms with Crippen LogP contribution in [0.2, 0.25) is 0 Å². The fourth-order valence-electron chi connectivity index (χ4n) is 3.10. The van der Waals surface area contributed by atoms with Crippen molar-refractivity contribution < 1.29 is 0 Å². The number of benzene rings is 2. The summed E-state index contributed by atoms with van der Waals surface area (Å²) in [5.41, 5.74) is 2.20. The number of hydrogen-bond donors (Lipinski definition) is 2. The first-order valence-corrected chi connectivity index (χ1v) is 7.84. The maximum absolute atomic E-state index is 4.85. The zero-order chi connectivity index (χ0) is 13.7. The topological polar surface area (TPSA) is 40.7 Å². The van der Waals surface area contributed by atoms with Crippen molar-refractivity contribution in [3.63, 3.8) is 0 Å². The number of nitrogens with zero attached hydrogens (tertiary/aromatic N) is 1. The van der Waals surface area contributed by atoms with Crippen molar-refractivity contribution in [1.29, 1.82) is 0 Å². The van der Waals surface area contributed by atoms with Gasteiger partial charge in [-0.05, 0) is 43.4 Å². The minimum absolute atomic E-state index is 0.364. The maximum Gasteiger partial charge on any atom is 0.124 e. The molecule has 1 saturated heterocycles. The molecule has 1 fully saturated rings. The van der Waals surface area contributed by atoms with E-state index in [1.54, 1.807) is 0 Å². The van der Waals surface area contributed by atoms with Crippen molar-refractivity contribution in [2.45, 2.75) is 31.8 Å². The van der Waals surface area contributed by atoms with Gasteiger partial charge in [-0.15, -0.1) is 0 Å². The summed E-state index contributed by atoms with van der Waals surface area (Å²) in [6, 6.07) is 11.6. The summed E-state index contributed by atoms with van der Waals surface area (Å²) in [6.07, 6.45) is 2.37. The van der Waals surface area contributed by atoms with Crippen LogP contribution in [0.1, 0.15) is 31.6 Å². The van der Waals surface area contributed by atoms with Gasteiger partial charge in [0.15, 0.2) is 0 Å². The Morgan fingerprint density at radius 2 is 2.10 bits per heavy atom. The average Bonchev–Trinajstić information content (AvgIpc) is 3.03. The number of hydrogen-bond acceptors (Lipinski definition) is 2. The van der Waals surface area contributed by atoms with Gasteiger partial charge in [0.1, 0.15) is 5.82 Å². The fraction of sp³-hybridized carbons (Fsp3) is 0.312. The number of halogens is 1. The number of rotatable bonds is 1. The van der Waals surface area contributed by atoms with Crippen molar-refractivity contribution in [2.75, 3.05) is 0 Å². The highest BCUT2D eigenvalue weighted by Crippen LogP contribution is 2.30. The monoisotopic (exact) mass is 329 g/mol. The molecular formula is C16H16BrN3. The second-order valence-corrected chi connectivity index (χ2v) is 6.56. The Labute approximate surface area is 125 Å². The van der Waals surface area contributed by atoms with E-state index in [9.17, 15) is 0 Å². The lowest BCUT2D eigenvalue weighted by atomic mass is 10.1. The maximum atomic E-state index is 4.85. The average molecular weight is 330 g/mol. The van der Waals surface area contributed by atoms with Gasteiger partial charge < -0.3 is 10.3 Å². The number of fused-ring (bicyclic) bond motifs is 3. The Balaban J connectivity index is 1.88. The molecule has 2 atom stereocenters. The van der Waals surface area contributed by atoms with Crippen LogP contribution in [-0.4, -0.2) is 16.0 Å². The van der Waals surface area contributed by atoms with Crippen LogP contribution < -0.4 is 5.32 Å². The van der Waals surface area contributed by atoms with Gasteiger partial charge in [-0.2, -0.15) is 0 Å². The molecule has 0 spiro atoms. The predicted octanol–water partition coefficient (Wildman–Crippen LogP) is 4.29. The number of aromatic nitrogens is 2. The standard InChI is InChI=1S/C16H16BrN3/c1-9-2-6-14(18-9)16-19-13-7-3-10-8-11(17)4-5-12(10)15(13)20-16/h3-5,7-9,14,18H,2,6H2,1H3,(H,19,20). The summed E-state index contributed by atoms with van der Waals surface area (Å²) in [7, 11) is 0. The molecule has 2 N–H and O–H groups in total. The molecule has 0 radical (unpaired) electrons. The van der Waals surface area contributed by atoms with Gasteiger partial charge in [0.2, 0.25) is 0 Å². The van der Waals surface area contributed by atoms with Gasteiger partial charge in [0.25, 0.3) is 0 Å². The van der Waals surface area contributed by atoms with Crippen molar-refractivity contribution >= 4 is 37.7 Å². The summed E-state index contributed by atoms with van der Waals surface area (Å²) < 4.78 is 1.10. The van der Waals surface area contributed by atoms with Crippen LogP contribution >= 0.6 is 15.9 Å². The number of H-pyrrole nitrogens is 1. The smallest absolute Gasteiger partial charge is 0.124 e. The van der Waals surface area contributed by atoms with E-state index in [0.717, 1.165) is 27.8 Å². The van der Waals surface area contributed by atoms with Gasteiger partial charge in [-0.3, -0.25) is 0 Å². The van der Waals surface area contributed by atoms with E-state index in [0.29, 0.717) is 12.1 Å². The summed E-state index contributed by atoms with van der Waals surface area (Å²) in [6.45, 7) is 2.23. The Morgan fingerprint density at radius 1 is 1.20 bits per heavy atom. The van der Waals surface area contributed by atoms with E-state index in [-0.39, 0.29) is 0 Å². The van der Waals surface area contributed by atoms with Crippen LogP contribution in [0.3, 0.4) is 0 Å². The Hall–Kier alpha value is -1.39. The Kier molecular flexibility index (Phi) is 2.82. The molecule has 1 aliphatic heterocycles. The van der Waals surface area contributed by atoms with Gasteiger partial charge in [-0.25, -0.2) is 4.98 Å². The molecule has 3 nitrogen and oxygen atoms in total. The SMILES string of the molecule is CC1CCC(c2nc3c(ccc4cc(Br)ccc43)[nH]2)N1. The van der Waals surface area contributed by atoms with Gasteiger partial charge >= 0.3 is 0 Å². The van der Waals surface area contributed by atoms with Crippen molar-refractivity contribution in [2.24, 2.45) is 0 Å². The number of imidazole rings is 1. The Morgan fingerprint density at radius 3 is 2.90 bits per heavy atom. The first-order chi connectivity index (χ1) is 9.70. The molecule has 0 aliphatic carbocycles. The van der Waals surface area contributed by atoms with Crippen LogP contribution in [0.25, 0.3) is 21.8 Å². The van der Waals surface area contributed by atoms with Gasteiger partial charge in [-0.1, -0.05) is 28.1 Å². The highest BCUT2D eigenvalue weighted by atomic mass is 79.9. The highest BCUT2D eigenvalue weighted by molar-refractivity contribution is 9.10. The number of nitrogens with one attached hydrogen (secondary N) is 2. The second kappa shape index (κ2) is 4.57. The molecule has 2 unspecified atom stereocenters. The number of aromatic amines is 1. The first-order valence-electron chi connectivity index (χ1n) is 7.04. The summed E-state index contributed by atoms with van der Waals surface area (Å²) in [5, 5.41) is 6.01. The minimum atomic E-state index is 0.364. The minimum Gasteiger partial charge on any atom is -0.341 e. The lowest BCUT2D eigenvalue weighted by Crippen LogP contribution is -2.21.